The van der Waals surface area contributed by atoms with E-state index in [-0.39, 0.29) is 27.9 Å². The van der Waals surface area contributed by atoms with Crippen molar-refractivity contribution in [2.75, 3.05) is 5.32 Å². The highest BCUT2D eigenvalue weighted by Gasteiger charge is 2.09. The molecule has 21 heteroatoms. The Labute approximate surface area is 556 Å². The molecule has 0 aliphatic heterocycles. The molecule has 0 atom stereocenters. The molecule has 1 heterocycles. The minimum absolute atomic E-state index is 0.000569. The number of primary sulfonamides is 1. The predicted molar refractivity (Wildman–Crippen MR) is 378 cm³/mol. The van der Waals surface area contributed by atoms with E-state index in [0.29, 0.717) is 68.6 Å². The number of phenolic OH excluding ortho intramolecular Hbond substituents is 5. The number of nitrogens with one attached hydrogen (secondary N) is 2. The summed E-state index contributed by atoms with van der Waals surface area (Å²) in [6, 6.07) is 63.6. The van der Waals surface area contributed by atoms with Gasteiger partial charge in [0.15, 0.2) is 0 Å². The van der Waals surface area contributed by atoms with Crippen LogP contribution in [-0.2, 0) is 16.6 Å². The molecule has 0 radical (unpaired) electrons. The monoisotopic (exact) mass is 1300 g/mol. The Morgan fingerprint density at radius 2 is 0.958 bits per heavy atom. The zero-order valence-corrected chi connectivity index (χ0v) is 53.7. The number of anilines is 1. The van der Waals surface area contributed by atoms with Gasteiger partial charge in [-0.15, -0.1) is 16.6 Å². The van der Waals surface area contributed by atoms with Crippen LogP contribution in [0.15, 0.2) is 237 Å². The molecule has 11 aromatic rings. The summed E-state index contributed by atoms with van der Waals surface area (Å²) >= 11 is 0. The topological polar surface area (TPSA) is 344 Å². The van der Waals surface area contributed by atoms with E-state index >= 15 is 0 Å². The smallest absolute Gasteiger partial charge is 0.248 e. The summed E-state index contributed by atoms with van der Waals surface area (Å²) in [5, 5.41) is 79.5. The number of hydrogen-bond acceptors (Lipinski definition) is 17. The summed E-state index contributed by atoms with van der Waals surface area (Å²) < 4.78 is 22.5. The van der Waals surface area contributed by atoms with Gasteiger partial charge in [-0.1, -0.05) is 107 Å². The third kappa shape index (κ3) is 22.5. The summed E-state index contributed by atoms with van der Waals surface area (Å²) in [6.45, 7) is 10.3. The first kappa shape index (κ1) is 70.6. The number of sulfonamides is 1. The molecule has 1 amide bonds. The number of aryl methyl sites for hydroxylation is 5. The number of aromatic amines is 1. The van der Waals surface area contributed by atoms with Gasteiger partial charge in [0.2, 0.25) is 21.8 Å². The highest BCUT2D eigenvalue weighted by atomic mass is 32.2. The second-order valence-corrected chi connectivity index (χ2v) is 23.0. The number of nitriles is 1. The van der Waals surface area contributed by atoms with Gasteiger partial charge in [-0.25, -0.2) is 13.6 Å². The molecule has 11 rings (SSSR count). The Hall–Kier alpha value is -12.8. The number of hydrogen-bond donors (Lipinski definition) is 9. The van der Waals surface area contributed by atoms with Gasteiger partial charge >= 0.3 is 0 Å². The van der Waals surface area contributed by atoms with Crippen LogP contribution in [0.2, 0.25) is 0 Å². The van der Waals surface area contributed by atoms with Crippen molar-refractivity contribution in [2.24, 2.45) is 30.8 Å². The van der Waals surface area contributed by atoms with Gasteiger partial charge in [0.25, 0.3) is 0 Å². The first-order chi connectivity index (χ1) is 46.0. The molecule has 96 heavy (non-hydrogen) atoms. The lowest BCUT2D eigenvalue weighted by atomic mass is 10.1. The number of terminal acetylenes is 1. The average molecular weight is 1300 g/mol. The van der Waals surface area contributed by atoms with Gasteiger partial charge < -0.3 is 36.6 Å². The van der Waals surface area contributed by atoms with E-state index in [1.54, 1.807) is 116 Å². The van der Waals surface area contributed by atoms with Crippen LogP contribution in [0.4, 0.5) is 28.4 Å². The lowest BCUT2D eigenvalue weighted by Crippen LogP contribution is -2.11. The molecule has 0 spiro atoms. The molecule has 20 nitrogen and oxygen atoms in total. The summed E-state index contributed by atoms with van der Waals surface area (Å²) in [5.74, 6) is 3.61. The van der Waals surface area contributed by atoms with Crippen LogP contribution in [0.3, 0.4) is 0 Å². The molecule has 0 saturated carbocycles. The molecule has 0 aliphatic rings. The predicted octanol–water partition coefficient (Wildman–Crippen LogP) is 13.9. The number of nitrogens with zero attached hydrogens (tertiary/aromatic N) is 8. The van der Waals surface area contributed by atoms with Crippen molar-refractivity contribution < 1.29 is 38.7 Å². The van der Waals surface area contributed by atoms with E-state index in [4.69, 9.17) is 22.6 Å². The van der Waals surface area contributed by atoms with Crippen molar-refractivity contribution >= 4 is 69.2 Å². The fraction of sp³-hybridized carbons (Fsp3) is 0.0800. The zero-order valence-electron chi connectivity index (χ0n) is 52.9. The number of benzene rings is 10. The van der Waals surface area contributed by atoms with E-state index in [9.17, 15) is 38.7 Å². The summed E-state index contributed by atoms with van der Waals surface area (Å²) in [6.07, 6.45) is 11.6. The minimum atomic E-state index is -3.75. The third-order valence-electron chi connectivity index (χ3n) is 13.6. The maximum absolute atomic E-state index is 11.2. The lowest BCUT2D eigenvalue weighted by Gasteiger charge is -2.09. The highest BCUT2D eigenvalue weighted by Crippen LogP contribution is 2.26. The molecule has 482 valence electrons. The van der Waals surface area contributed by atoms with Crippen LogP contribution in [-0.4, -0.2) is 85.3 Å². The quantitative estimate of drug-likeness (QED) is 0.0362. The lowest BCUT2D eigenvalue weighted by molar-refractivity contribution is 0.1000. The molecule has 10 aromatic carbocycles. The van der Waals surface area contributed by atoms with E-state index in [2.05, 4.69) is 57.9 Å². The fourth-order valence-corrected chi connectivity index (χ4v) is 9.16. The molecule has 0 saturated heterocycles. The normalized spacial score (nSPS) is 10.8. The average Bonchev–Trinajstić information content (AvgIpc) is 2.41. The minimum Gasteiger partial charge on any atom is -0.508 e. The van der Waals surface area contributed by atoms with E-state index in [1.165, 1.54) is 18.3 Å². The van der Waals surface area contributed by atoms with Crippen molar-refractivity contribution in [3.8, 4) is 58.5 Å². The summed E-state index contributed by atoms with van der Waals surface area (Å²) in [7, 11) is -3.75. The second-order valence-electron chi connectivity index (χ2n) is 21.4. The molecular weight excluding hydrogens is 1230 g/mol. The molecule has 0 unspecified atom stereocenters. The van der Waals surface area contributed by atoms with Crippen molar-refractivity contribution in [2.45, 2.75) is 46.1 Å². The zero-order chi connectivity index (χ0) is 69.2. The summed E-state index contributed by atoms with van der Waals surface area (Å²) in [4.78, 5) is 28.1. The van der Waals surface area contributed by atoms with Crippen LogP contribution in [0.25, 0.3) is 11.4 Å². The molecule has 0 bridgehead atoms. The van der Waals surface area contributed by atoms with Gasteiger partial charge in [-0.2, -0.15) is 10.5 Å². The van der Waals surface area contributed by atoms with Crippen LogP contribution in [0.5, 0.6) is 28.7 Å². The van der Waals surface area contributed by atoms with Crippen LogP contribution < -0.4 is 16.2 Å². The molecular formula is C75H68N12O8S. The largest absolute Gasteiger partial charge is 0.508 e. The number of carbonyl (C=O) groups excluding carboxylic acids is 1. The summed E-state index contributed by atoms with van der Waals surface area (Å²) in [5.41, 5.74) is 20.0. The van der Waals surface area contributed by atoms with Crippen LogP contribution >= 0.6 is 0 Å². The van der Waals surface area contributed by atoms with Crippen molar-refractivity contribution in [3.05, 3.63) is 285 Å². The van der Waals surface area contributed by atoms with E-state index in [0.717, 1.165) is 55.9 Å². The molecule has 0 aliphatic carbocycles. The van der Waals surface area contributed by atoms with Crippen molar-refractivity contribution in [3.63, 3.8) is 0 Å². The number of nitrogens with two attached hydrogens (primary N) is 2. The number of aromatic hydroxyl groups is 5. The Morgan fingerprint density at radius 3 is 1.43 bits per heavy atom. The van der Waals surface area contributed by atoms with Gasteiger partial charge in [-0.3, -0.25) is 24.8 Å². The number of tetrazole rings is 1. The second kappa shape index (κ2) is 34.6. The Bertz CT molecular complexity index is 4840. The van der Waals surface area contributed by atoms with E-state index < -0.39 is 15.9 Å². The third-order valence-corrected chi connectivity index (χ3v) is 14.5. The number of phenols is 5. The molecule has 11 N–H and O–H groups in total. The first-order valence-electron chi connectivity index (χ1n) is 29.3. The Balaban J connectivity index is 0.000000170. The molecule has 1 aromatic heterocycles. The number of primary amides is 1. The van der Waals surface area contributed by atoms with Crippen molar-refractivity contribution in [1.82, 2.24) is 20.6 Å². The SMILES string of the molecule is C#Cc1cccc(NCc2cc(C)ccc2O)c1.Cc1ccc(O)c(C=Nc2cccc(-c3nn[nH]n3)c2)c1.Cc1ccc(O)c(C=Nc2cccc(C#N)c2)c1.Cc1ccc(O)c(C=Nc2cccc(C(N)=O)c2)c1.Cc1ccc(O)c(C=Nc2cccc(S(N)(=O)=O)c2)c1. The van der Waals surface area contributed by atoms with E-state index in [1.807, 2.05) is 138 Å². The maximum Gasteiger partial charge on any atom is 0.248 e. The van der Waals surface area contributed by atoms with Gasteiger partial charge in [0.1, 0.15) is 28.7 Å². The number of aliphatic imine (C=N–C) groups is 4. The fourth-order valence-electron chi connectivity index (χ4n) is 8.60. The number of H-pyrrole nitrogens is 1. The van der Waals surface area contributed by atoms with Gasteiger partial charge in [-0.05, 0) is 179 Å². The highest BCUT2D eigenvalue weighted by molar-refractivity contribution is 7.89. The van der Waals surface area contributed by atoms with Crippen molar-refractivity contribution in [1.29, 1.82) is 5.26 Å². The maximum atomic E-state index is 11.2. The number of rotatable bonds is 14. The van der Waals surface area contributed by atoms with Crippen LogP contribution in [0.1, 0.15) is 77.1 Å². The standard InChI is InChI=1S/C16H15NO.C15H13N5O.C15H14N2O2.C15H12N2O.C14H14N2O3S/c1-3-13-5-4-6-15(10-13)17-11-14-9-12(2)7-8-16(14)18;1-10-5-6-14(21)12(7-10)9-16-13-4-2-3-11(8-13)15-17-19-20-18-15;1-10-5-6-14(18)12(7-10)9-17-13-4-2-3-11(8-13)15(16)19;1-11-5-6-15(18)13(7-11)10-17-14-4-2-3-12(8-14)9-16;1-10-5-6-14(17)11(7-10)9-16-12-3-2-4-13(8-12)20(15,18)19/h1,4-10,17-18H,11H2,2H3;2-9,21H,1H3,(H,17,18,19,20);2-9,18H,1H3,(H2,16,19);2-8,10,18H,1H3;2-9,17H,1H3,(H2,15,18,19). The number of amides is 1. The first-order valence-corrected chi connectivity index (χ1v) is 30.9. The Morgan fingerprint density at radius 1 is 0.531 bits per heavy atom. The van der Waals surface area contributed by atoms with Gasteiger partial charge in [0.05, 0.1) is 39.3 Å². The van der Waals surface area contributed by atoms with Gasteiger partial charge in [0, 0.05) is 81.6 Å². The molecule has 0 fully saturated rings. The number of aromatic nitrogens is 4. The Kier molecular flexibility index (Phi) is 25.4. The number of carbonyl (C=O) groups is 1. The van der Waals surface area contributed by atoms with Crippen LogP contribution in [0, 0.1) is 58.3 Å².